The van der Waals surface area contributed by atoms with Gasteiger partial charge in [0, 0.05) is 6.08 Å². The number of carbonyl (C=O) groups is 2. The molecule has 2 heterocycles. The summed E-state index contributed by atoms with van der Waals surface area (Å²) in [5.74, 6) is -0.661. The van der Waals surface area contributed by atoms with Gasteiger partial charge in [-0.15, -0.1) is 0 Å². The van der Waals surface area contributed by atoms with Gasteiger partial charge in [0.1, 0.15) is 16.5 Å². The molecule has 0 radical (unpaired) electrons. The van der Waals surface area contributed by atoms with Gasteiger partial charge in [-0.05, 0) is 49.8 Å². The summed E-state index contributed by atoms with van der Waals surface area (Å²) in [6, 6.07) is 9.29. The average molecular weight is 414 g/mol. The molecule has 0 unspecified atom stereocenters. The minimum absolute atomic E-state index is 0.164. The van der Waals surface area contributed by atoms with Gasteiger partial charge in [0.15, 0.2) is 5.13 Å². The average Bonchev–Trinajstić information content (AvgIpc) is 3.35. The smallest absolute Gasteiger partial charge is 0.350 e. The molecule has 29 heavy (non-hydrogen) atoms. The van der Waals surface area contributed by atoms with Crippen LogP contribution in [-0.4, -0.2) is 23.5 Å². The number of esters is 1. The van der Waals surface area contributed by atoms with E-state index in [2.05, 4.69) is 4.98 Å². The van der Waals surface area contributed by atoms with Crippen LogP contribution in [0, 0.1) is 12.7 Å². The Hall–Kier alpha value is -3.26. The van der Waals surface area contributed by atoms with E-state index >= 15 is 0 Å². The summed E-state index contributed by atoms with van der Waals surface area (Å²) in [6.45, 7) is 3.82. The third kappa shape index (κ3) is 5.17. The minimum Gasteiger partial charge on any atom is -0.465 e. The Morgan fingerprint density at radius 2 is 2.03 bits per heavy atom. The number of aromatic nitrogens is 1. The molecule has 3 aromatic rings. The Morgan fingerprint density at radius 1 is 1.28 bits per heavy atom. The molecule has 0 bridgehead atoms. The van der Waals surface area contributed by atoms with Crippen LogP contribution in [0.1, 0.15) is 33.6 Å². The van der Waals surface area contributed by atoms with Gasteiger partial charge in [0.05, 0.1) is 25.1 Å². The summed E-state index contributed by atoms with van der Waals surface area (Å²) in [5, 5.41) is 0.351. The number of amides is 1. The largest absolute Gasteiger partial charge is 0.465 e. The van der Waals surface area contributed by atoms with E-state index in [1.807, 2.05) is 0 Å². The number of hydrogen-bond donors (Lipinski definition) is 0. The number of aryl methyl sites for hydroxylation is 1. The first kappa shape index (κ1) is 20.5. The molecule has 2 aromatic heterocycles. The highest BCUT2D eigenvalue weighted by Crippen LogP contribution is 2.28. The van der Waals surface area contributed by atoms with Gasteiger partial charge in [-0.1, -0.05) is 23.5 Å². The molecular formula is C21H19FN2O4S. The van der Waals surface area contributed by atoms with E-state index in [1.54, 1.807) is 44.2 Å². The zero-order chi connectivity index (χ0) is 20.8. The van der Waals surface area contributed by atoms with Crippen molar-refractivity contribution in [2.75, 3.05) is 11.5 Å². The highest BCUT2D eigenvalue weighted by molar-refractivity contribution is 7.17. The topological polar surface area (TPSA) is 72.6 Å². The van der Waals surface area contributed by atoms with Crippen LogP contribution in [0.2, 0.25) is 0 Å². The van der Waals surface area contributed by atoms with Crippen LogP contribution in [0.4, 0.5) is 9.52 Å². The molecule has 0 aliphatic carbocycles. The van der Waals surface area contributed by atoms with Crippen molar-refractivity contribution in [2.24, 2.45) is 0 Å². The number of nitrogens with zero attached hydrogens (tertiary/aromatic N) is 2. The predicted molar refractivity (Wildman–Crippen MR) is 108 cm³/mol. The molecule has 0 atom stereocenters. The molecule has 3 rings (SSSR count). The molecule has 0 saturated heterocycles. The van der Waals surface area contributed by atoms with E-state index in [0.29, 0.717) is 21.5 Å². The summed E-state index contributed by atoms with van der Waals surface area (Å²) < 4.78 is 23.5. The maximum Gasteiger partial charge on any atom is 0.350 e. The second-order valence-electron chi connectivity index (χ2n) is 6.03. The lowest BCUT2D eigenvalue weighted by molar-refractivity contribution is -0.114. The lowest BCUT2D eigenvalue weighted by Crippen LogP contribution is -2.28. The van der Waals surface area contributed by atoms with Crippen molar-refractivity contribution < 1.29 is 23.1 Å². The van der Waals surface area contributed by atoms with Gasteiger partial charge < -0.3 is 9.15 Å². The highest BCUT2D eigenvalue weighted by atomic mass is 32.1. The number of furan rings is 1. The lowest BCUT2D eigenvalue weighted by atomic mass is 10.2. The van der Waals surface area contributed by atoms with Crippen LogP contribution >= 0.6 is 11.3 Å². The SMILES string of the molecule is CCOC(=O)c1sc(N(Cc2ccc(F)cc2)C(=O)/C=C/c2ccco2)nc1C. The molecule has 0 aliphatic rings. The number of thiazole rings is 1. The second-order valence-corrected chi connectivity index (χ2v) is 7.01. The Morgan fingerprint density at radius 3 is 2.69 bits per heavy atom. The number of anilines is 1. The molecule has 1 aromatic carbocycles. The molecule has 0 saturated carbocycles. The van der Waals surface area contributed by atoms with Gasteiger partial charge in [-0.2, -0.15) is 0 Å². The van der Waals surface area contributed by atoms with E-state index in [4.69, 9.17) is 9.15 Å². The zero-order valence-electron chi connectivity index (χ0n) is 15.9. The third-order valence-corrected chi connectivity index (χ3v) is 5.09. The number of rotatable bonds is 7. The Bertz CT molecular complexity index is 1010. The number of benzene rings is 1. The van der Waals surface area contributed by atoms with Crippen LogP contribution in [0.15, 0.2) is 53.2 Å². The van der Waals surface area contributed by atoms with Crippen molar-refractivity contribution in [3.05, 3.63) is 76.4 Å². The van der Waals surface area contributed by atoms with Gasteiger partial charge in [0.25, 0.3) is 5.91 Å². The molecule has 1 amide bonds. The van der Waals surface area contributed by atoms with Crippen LogP contribution < -0.4 is 4.90 Å². The summed E-state index contributed by atoms with van der Waals surface area (Å²) >= 11 is 1.08. The van der Waals surface area contributed by atoms with Crippen LogP contribution in [-0.2, 0) is 16.1 Å². The van der Waals surface area contributed by atoms with Crippen molar-refractivity contribution in [1.82, 2.24) is 4.98 Å². The van der Waals surface area contributed by atoms with E-state index < -0.39 is 5.97 Å². The van der Waals surface area contributed by atoms with E-state index in [0.717, 1.165) is 16.9 Å². The van der Waals surface area contributed by atoms with Crippen LogP contribution in [0.25, 0.3) is 6.08 Å². The van der Waals surface area contributed by atoms with E-state index in [-0.39, 0.29) is 24.9 Å². The standard InChI is InChI=1S/C21H19FN2O4S/c1-3-27-20(26)19-14(2)23-21(29-19)24(13-15-6-8-16(22)9-7-15)18(25)11-10-17-5-4-12-28-17/h4-12H,3,13H2,1-2H3/b11-10+. The molecule has 0 aliphatic heterocycles. The Kier molecular flexibility index (Phi) is 6.56. The predicted octanol–water partition coefficient (Wildman–Crippen LogP) is 4.61. The van der Waals surface area contributed by atoms with Crippen molar-refractivity contribution in [1.29, 1.82) is 0 Å². The van der Waals surface area contributed by atoms with Crippen molar-refractivity contribution in [3.8, 4) is 0 Å². The fourth-order valence-corrected chi connectivity index (χ4v) is 3.49. The third-order valence-electron chi connectivity index (χ3n) is 3.93. The normalized spacial score (nSPS) is 11.0. The molecule has 0 spiro atoms. The Balaban J connectivity index is 1.91. The molecule has 0 fully saturated rings. The first-order chi connectivity index (χ1) is 14.0. The van der Waals surface area contributed by atoms with Gasteiger partial charge >= 0.3 is 5.97 Å². The molecule has 0 N–H and O–H groups in total. The van der Waals surface area contributed by atoms with Gasteiger partial charge in [0.2, 0.25) is 0 Å². The van der Waals surface area contributed by atoms with Crippen molar-refractivity contribution in [2.45, 2.75) is 20.4 Å². The first-order valence-corrected chi connectivity index (χ1v) is 9.71. The van der Waals surface area contributed by atoms with Crippen LogP contribution in [0.3, 0.4) is 0 Å². The number of carbonyl (C=O) groups excluding carboxylic acids is 2. The summed E-state index contributed by atoms with van der Waals surface area (Å²) in [5.41, 5.74) is 1.20. The monoisotopic (exact) mass is 414 g/mol. The van der Waals surface area contributed by atoms with Gasteiger partial charge in [-0.3, -0.25) is 9.69 Å². The number of hydrogen-bond acceptors (Lipinski definition) is 6. The van der Waals surface area contributed by atoms with Crippen molar-refractivity contribution >= 4 is 34.4 Å². The maximum atomic E-state index is 13.2. The van der Waals surface area contributed by atoms with Gasteiger partial charge in [-0.25, -0.2) is 14.2 Å². The summed E-state index contributed by atoms with van der Waals surface area (Å²) in [7, 11) is 0. The molecule has 8 heteroatoms. The number of ether oxygens (including phenoxy) is 1. The van der Waals surface area contributed by atoms with E-state index in [1.165, 1.54) is 29.4 Å². The molecule has 6 nitrogen and oxygen atoms in total. The summed E-state index contributed by atoms with van der Waals surface area (Å²) in [4.78, 5) is 31.2. The first-order valence-electron chi connectivity index (χ1n) is 8.90. The maximum absolute atomic E-state index is 13.2. The highest BCUT2D eigenvalue weighted by Gasteiger charge is 2.23. The second kappa shape index (κ2) is 9.29. The lowest BCUT2D eigenvalue weighted by Gasteiger charge is -2.18. The summed E-state index contributed by atoms with van der Waals surface area (Å²) in [6.07, 6.45) is 4.42. The number of halogens is 1. The fourth-order valence-electron chi connectivity index (χ4n) is 2.53. The van der Waals surface area contributed by atoms with E-state index in [9.17, 15) is 14.0 Å². The minimum atomic E-state index is -0.478. The van der Waals surface area contributed by atoms with Crippen LogP contribution in [0.5, 0.6) is 0 Å². The quantitative estimate of drug-likeness (QED) is 0.417. The van der Waals surface area contributed by atoms with Crippen molar-refractivity contribution in [3.63, 3.8) is 0 Å². The fraction of sp³-hybridized carbons (Fsp3) is 0.190. The molecule has 150 valence electrons. The Labute approximate surface area is 171 Å². The zero-order valence-corrected chi connectivity index (χ0v) is 16.7. The molecular weight excluding hydrogens is 395 g/mol.